The standard InChI is InChI=1S/C13H12ClN3O2/c1-8-5-9(13(15)17-18)6-12(16-8)19-11-4-2-3-10(14)7-11/h2-7,18H,1H3,(H2,15,17). The first-order valence-corrected chi connectivity index (χ1v) is 5.86. The van der Waals surface area contributed by atoms with Crippen LogP contribution in [-0.4, -0.2) is 16.0 Å². The molecular formula is C13H12ClN3O2. The number of nitrogens with two attached hydrogens (primary N) is 1. The van der Waals surface area contributed by atoms with E-state index in [-0.39, 0.29) is 5.84 Å². The van der Waals surface area contributed by atoms with Crippen LogP contribution in [-0.2, 0) is 0 Å². The summed E-state index contributed by atoms with van der Waals surface area (Å²) in [6.07, 6.45) is 0. The third-order valence-corrected chi connectivity index (χ3v) is 2.59. The molecule has 0 bridgehead atoms. The SMILES string of the molecule is Cc1cc(/C(N)=N/O)cc(Oc2cccc(Cl)c2)n1. The van der Waals surface area contributed by atoms with Gasteiger partial charge in [-0.2, -0.15) is 0 Å². The molecule has 0 aliphatic heterocycles. The van der Waals surface area contributed by atoms with Crippen LogP contribution in [0.3, 0.4) is 0 Å². The molecule has 0 aliphatic rings. The molecule has 0 amide bonds. The van der Waals surface area contributed by atoms with Crippen molar-refractivity contribution in [3.63, 3.8) is 0 Å². The van der Waals surface area contributed by atoms with E-state index in [9.17, 15) is 0 Å². The lowest BCUT2D eigenvalue weighted by Gasteiger charge is -2.08. The van der Waals surface area contributed by atoms with E-state index in [1.54, 1.807) is 43.3 Å². The number of benzene rings is 1. The van der Waals surface area contributed by atoms with Crippen molar-refractivity contribution in [1.82, 2.24) is 4.98 Å². The fourth-order valence-corrected chi connectivity index (χ4v) is 1.73. The first-order chi connectivity index (χ1) is 9.08. The van der Waals surface area contributed by atoms with Gasteiger partial charge in [-0.05, 0) is 31.2 Å². The molecule has 0 unspecified atom stereocenters. The van der Waals surface area contributed by atoms with Gasteiger partial charge in [0.1, 0.15) is 5.75 Å². The van der Waals surface area contributed by atoms with Gasteiger partial charge >= 0.3 is 0 Å². The molecule has 19 heavy (non-hydrogen) atoms. The van der Waals surface area contributed by atoms with Gasteiger partial charge in [0, 0.05) is 22.3 Å². The Balaban J connectivity index is 2.33. The van der Waals surface area contributed by atoms with Gasteiger partial charge in [0.15, 0.2) is 5.84 Å². The molecule has 6 heteroatoms. The molecule has 1 heterocycles. The summed E-state index contributed by atoms with van der Waals surface area (Å²) in [6.45, 7) is 1.79. The number of nitrogens with zero attached hydrogens (tertiary/aromatic N) is 2. The molecule has 3 N–H and O–H groups in total. The lowest BCUT2D eigenvalue weighted by atomic mass is 10.2. The second-order valence-electron chi connectivity index (χ2n) is 3.88. The maximum absolute atomic E-state index is 8.68. The van der Waals surface area contributed by atoms with Crippen molar-refractivity contribution in [2.75, 3.05) is 0 Å². The third-order valence-electron chi connectivity index (χ3n) is 2.35. The average molecular weight is 278 g/mol. The zero-order valence-electron chi connectivity index (χ0n) is 10.2. The van der Waals surface area contributed by atoms with Gasteiger partial charge in [0.05, 0.1) is 0 Å². The largest absolute Gasteiger partial charge is 0.439 e. The fourth-order valence-electron chi connectivity index (χ4n) is 1.55. The van der Waals surface area contributed by atoms with E-state index in [0.29, 0.717) is 27.9 Å². The topological polar surface area (TPSA) is 80.7 Å². The number of aryl methyl sites for hydroxylation is 1. The zero-order chi connectivity index (χ0) is 13.8. The monoisotopic (exact) mass is 277 g/mol. The summed E-state index contributed by atoms with van der Waals surface area (Å²) in [5, 5.41) is 12.2. The highest BCUT2D eigenvalue weighted by molar-refractivity contribution is 6.30. The molecular weight excluding hydrogens is 266 g/mol. The van der Waals surface area contributed by atoms with Crippen molar-refractivity contribution in [2.24, 2.45) is 10.9 Å². The van der Waals surface area contributed by atoms with Crippen LogP contribution in [0, 0.1) is 6.92 Å². The number of hydrogen-bond donors (Lipinski definition) is 2. The Bertz CT molecular complexity index is 629. The first kappa shape index (κ1) is 13.2. The molecule has 5 nitrogen and oxygen atoms in total. The normalized spacial score (nSPS) is 11.4. The number of pyridine rings is 1. The quantitative estimate of drug-likeness (QED) is 0.391. The van der Waals surface area contributed by atoms with Crippen LogP contribution in [0.4, 0.5) is 0 Å². The van der Waals surface area contributed by atoms with E-state index in [1.807, 2.05) is 0 Å². The van der Waals surface area contributed by atoms with Crippen LogP contribution in [0.5, 0.6) is 11.6 Å². The minimum Gasteiger partial charge on any atom is -0.439 e. The van der Waals surface area contributed by atoms with Gasteiger partial charge in [-0.3, -0.25) is 0 Å². The van der Waals surface area contributed by atoms with E-state index in [1.165, 1.54) is 0 Å². The van der Waals surface area contributed by atoms with Crippen molar-refractivity contribution in [1.29, 1.82) is 0 Å². The van der Waals surface area contributed by atoms with Crippen molar-refractivity contribution < 1.29 is 9.94 Å². The molecule has 0 atom stereocenters. The van der Waals surface area contributed by atoms with Crippen molar-refractivity contribution in [3.05, 3.63) is 52.7 Å². The van der Waals surface area contributed by atoms with Gasteiger partial charge in [-0.25, -0.2) is 4.98 Å². The van der Waals surface area contributed by atoms with Crippen LogP contribution < -0.4 is 10.5 Å². The molecule has 0 fully saturated rings. The van der Waals surface area contributed by atoms with Crippen molar-refractivity contribution in [3.8, 4) is 11.6 Å². The summed E-state index contributed by atoms with van der Waals surface area (Å²) >= 11 is 5.87. The predicted molar refractivity (Wildman–Crippen MR) is 73.0 cm³/mol. The molecule has 0 saturated carbocycles. The number of amidine groups is 1. The molecule has 0 saturated heterocycles. The second-order valence-corrected chi connectivity index (χ2v) is 4.32. The van der Waals surface area contributed by atoms with Crippen LogP contribution >= 0.6 is 11.6 Å². The molecule has 2 rings (SSSR count). The second kappa shape index (κ2) is 5.58. The average Bonchev–Trinajstić information content (AvgIpc) is 2.37. The summed E-state index contributed by atoms with van der Waals surface area (Å²) < 4.78 is 5.59. The summed E-state index contributed by atoms with van der Waals surface area (Å²) in [4.78, 5) is 4.22. The number of aromatic nitrogens is 1. The molecule has 2 aromatic rings. The molecule has 0 spiro atoms. The maximum Gasteiger partial charge on any atom is 0.220 e. The van der Waals surface area contributed by atoms with Gasteiger partial charge < -0.3 is 15.7 Å². The van der Waals surface area contributed by atoms with Crippen LogP contribution in [0.25, 0.3) is 0 Å². The number of hydrogen-bond acceptors (Lipinski definition) is 4. The summed E-state index contributed by atoms with van der Waals surface area (Å²) in [7, 11) is 0. The summed E-state index contributed by atoms with van der Waals surface area (Å²) in [6, 6.07) is 10.2. The Hall–Kier alpha value is -2.27. The summed E-state index contributed by atoms with van der Waals surface area (Å²) in [5.74, 6) is 0.918. The minimum absolute atomic E-state index is 0.00134. The van der Waals surface area contributed by atoms with Gasteiger partial charge in [-0.15, -0.1) is 0 Å². The molecule has 0 aliphatic carbocycles. The van der Waals surface area contributed by atoms with Crippen LogP contribution in [0.1, 0.15) is 11.3 Å². The molecule has 0 radical (unpaired) electrons. The Labute approximate surface area is 115 Å². The Morgan fingerprint density at radius 2 is 2.16 bits per heavy atom. The number of halogens is 1. The van der Waals surface area contributed by atoms with Gasteiger partial charge in [0.25, 0.3) is 0 Å². The number of oxime groups is 1. The third kappa shape index (κ3) is 3.35. The fraction of sp³-hybridized carbons (Fsp3) is 0.0769. The lowest BCUT2D eigenvalue weighted by Crippen LogP contribution is -2.13. The minimum atomic E-state index is 0.00134. The summed E-state index contributed by atoms with van der Waals surface area (Å²) in [5.41, 5.74) is 6.77. The highest BCUT2D eigenvalue weighted by Crippen LogP contribution is 2.23. The van der Waals surface area contributed by atoms with Gasteiger partial charge in [-0.1, -0.05) is 22.8 Å². The molecule has 98 valence electrons. The van der Waals surface area contributed by atoms with E-state index < -0.39 is 0 Å². The smallest absolute Gasteiger partial charge is 0.220 e. The highest BCUT2D eigenvalue weighted by Gasteiger charge is 2.06. The van der Waals surface area contributed by atoms with E-state index in [2.05, 4.69) is 10.1 Å². The van der Waals surface area contributed by atoms with Gasteiger partial charge in [0.2, 0.25) is 5.88 Å². The Morgan fingerprint density at radius 1 is 1.37 bits per heavy atom. The zero-order valence-corrected chi connectivity index (χ0v) is 10.9. The number of rotatable bonds is 3. The first-order valence-electron chi connectivity index (χ1n) is 5.48. The van der Waals surface area contributed by atoms with Crippen molar-refractivity contribution >= 4 is 17.4 Å². The predicted octanol–water partition coefficient (Wildman–Crippen LogP) is 2.93. The van der Waals surface area contributed by atoms with E-state index >= 15 is 0 Å². The Morgan fingerprint density at radius 3 is 2.84 bits per heavy atom. The van der Waals surface area contributed by atoms with Crippen LogP contribution in [0.15, 0.2) is 41.6 Å². The Kier molecular flexibility index (Phi) is 3.87. The molecule has 1 aromatic carbocycles. The van der Waals surface area contributed by atoms with E-state index in [0.717, 1.165) is 0 Å². The lowest BCUT2D eigenvalue weighted by molar-refractivity contribution is 0.318. The maximum atomic E-state index is 8.68. The van der Waals surface area contributed by atoms with Crippen molar-refractivity contribution in [2.45, 2.75) is 6.92 Å². The highest BCUT2D eigenvalue weighted by atomic mass is 35.5. The number of ether oxygens (including phenoxy) is 1. The van der Waals surface area contributed by atoms with Crippen LogP contribution in [0.2, 0.25) is 5.02 Å². The molecule has 1 aromatic heterocycles. The van der Waals surface area contributed by atoms with E-state index in [4.69, 9.17) is 27.3 Å².